The molecule has 1 atom stereocenters. The van der Waals surface area contributed by atoms with E-state index in [4.69, 9.17) is 10.5 Å². The molecule has 0 saturated carbocycles. The van der Waals surface area contributed by atoms with Gasteiger partial charge in [0, 0.05) is 6.04 Å². The Kier molecular flexibility index (Phi) is 3.67. The predicted molar refractivity (Wildman–Crippen MR) is 83.0 cm³/mol. The van der Waals surface area contributed by atoms with Gasteiger partial charge >= 0.3 is 0 Å². The van der Waals surface area contributed by atoms with Crippen molar-refractivity contribution in [1.82, 2.24) is 4.98 Å². The van der Waals surface area contributed by atoms with Crippen molar-refractivity contribution in [3.63, 3.8) is 0 Å². The summed E-state index contributed by atoms with van der Waals surface area (Å²) in [6, 6.07) is 16.1. The Morgan fingerprint density at radius 1 is 1.15 bits per heavy atom. The zero-order chi connectivity index (χ0) is 13.9. The lowest BCUT2D eigenvalue weighted by Gasteiger charge is -2.07. The third kappa shape index (κ3) is 2.81. The second kappa shape index (κ2) is 5.61. The minimum absolute atomic E-state index is 0.0494. The Hall–Kier alpha value is -1.91. The van der Waals surface area contributed by atoms with Crippen LogP contribution in [0.1, 0.15) is 23.5 Å². The highest BCUT2D eigenvalue weighted by Crippen LogP contribution is 2.23. The number of ether oxygens (including phenoxy) is 1. The molecule has 2 N–H and O–H groups in total. The van der Waals surface area contributed by atoms with Crippen LogP contribution in [-0.2, 0) is 6.61 Å². The number of nitrogens with zero attached hydrogens (tertiary/aromatic N) is 1. The van der Waals surface area contributed by atoms with E-state index in [1.54, 1.807) is 11.3 Å². The summed E-state index contributed by atoms with van der Waals surface area (Å²) in [5.41, 5.74) is 7.96. The molecule has 3 nitrogen and oxygen atoms in total. The summed E-state index contributed by atoms with van der Waals surface area (Å²) in [5, 5.41) is 0.988. The summed E-state index contributed by atoms with van der Waals surface area (Å²) >= 11 is 1.67. The predicted octanol–water partition coefficient (Wildman–Crippen LogP) is 3.90. The first-order valence-corrected chi connectivity index (χ1v) is 7.37. The van der Waals surface area contributed by atoms with Crippen molar-refractivity contribution < 1.29 is 4.74 Å². The molecule has 0 aliphatic heterocycles. The van der Waals surface area contributed by atoms with E-state index in [9.17, 15) is 0 Å². The standard InChI is InChI=1S/C16H16N2OS/c1-11(17)12-6-8-13(9-7-12)19-10-16-18-14-4-2-3-5-15(14)20-16/h2-9,11H,10,17H2,1H3. The van der Waals surface area contributed by atoms with E-state index in [0.29, 0.717) is 6.61 Å². The molecular formula is C16H16N2OS. The highest BCUT2D eigenvalue weighted by Gasteiger charge is 2.04. The molecule has 1 heterocycles. The lowest BCUT2D eigenvalue weighted by atomic mass is 10.1. The van der Waals surface area contributed by atoms with E-state index < -0.39 is 0 Å². The number of nitrogens with two attached hydrogens (primary N) is 1. The van der Waals surface area contributed by atoms with E-state index in [0.717, 1.165) is 21.8 Å². The summed E-state index contributed by atoms with van der Waals surface area (Å²) in [6.45, 7) is 2.47. The zero-order valence-electron chi connectivity index (χ0n) is 11.2. The number of rotatable bonds is 4. The number of hydrogen-bond acceptors (Lipinski definition) is 4. The van der Waals surface area contributed by atoms with E-state index >= 15 is 0 Å². The highest BCUT2D eigenvalue weighted by molar-refractivity contribution is 7.18. The maximum Gasteiger partial charge on any atom is 0.140 e. The summed E-state index contributed by atoms with van der Waals surface area (Å²) in [4.78, 5) is 4.55. The summed E-state index contributed by atoms with van der Waals surface area (Å²) in [5.74, 6) is 0.841. The van der Waals surface area contributed by atoms with Gasteiger partial charge in [0.25, 0.3) is 0 Å². The van der Waals surface area contributed by atoms with Crippen molar-refractivity contribution in [3.05, 3.63) is 59.1 Å². The van der Waals surface area contributed by atoms with E-state index in [1.807, 2.05) is 49.4 Å². The Labute approximate surface area is 122 Å². The van der Waals surface area contributed by atoms with Gasteiger partial charge in [-0.05, 0) is 36.8 Å². The first-order valence-electron chi connectivity index (χ1n) is 6.55. The van der Waals surface area contributed by atoms with Gasteiger partial charge in [-0.2, -0.15) is 0 Å². The molecule has 0 aliphatic rings. The maximum atomic E-state index is 5.82. The fourth-order valence-corrected chi connectivity index (χ4v) is 2.87. The summed E-state index contributed by atoms with van der Waals surface area (Å²) in [7, 11) is 0. The Morgan fingerprint density at radius 3 is 2.60 bits per heavy atom. The number of thiazole rings is 1. The van der Waals surface area contributed by atoms with E-state index in [2.05, 4.69) is 11.1 Å². The molecule has 2 aromatic carbocycles. The van der Waals surface area contributed by atoms with Crippen molar-refractivity contribution in [1.29, 1.82) is 0 Å². The van der Waals surface area contributed by atoms with Gasteiger partial charge in [-0.3, -0.25) is 0 Å². The number of benzene rings is 2. The van der Waals surface area contributed by atoms with Crippen LogP contribution in [0.4, 0.5) is 0 Å². The van der Waals surface area contributed by atoms with Crippen LogP contribution in [0.5, 0.6) is 5.75 Å². The molecule has 0 amide bonds. The average Bonchev–Trinajstić information content (AvgIpc) is 2.88. The molecule has 0 radical (unpaired) electrons. The first-order chi connectivity index (χ1) is 9.72. The van der Waals surface area contributed by atoms with Gasteiger partial charge in [-0.25, -0.2) is 4.98 Å². The minimum atomic E-state index is 0.0494. The first kappa shape index (κ1) is 13.1. The average molecular weight is 284 g/mol. The number of para-hydroxylation sites is 1. The number of hydrogen-bond donors (Lipinski definition) is 1. The molecule has 0 saturated heterocycles. The van der Waals surface area contributed by atoms with Gasteiger partial charge in [0.2, 0.25) is 0 Å². The fraction of sp³-hybridized carbons (Fsp3) is 0.188. The molecule has 0 spiro atoms. The summed E-state index contributed by atoms with van der Waals surface area (Å²) < 4.78 is 6.96. The fourth-order valence-electron chi connectivity index (χ4n) is 1.99. The molecule has 3 rings (SSSR count). The van der Waals surface area contributed by atoms with Crippen LogP contribution in [0.25, 0.3) is 10.2 Å². The van der Waals surface area contributed by atoms with Gasteiger partial charge < -0.3 is 10.5 Å². The number of fused-ring (bicyclic) bond motifs is 1. The van der Waals surface area contributed by atoms with Crippen LogP contribution < -0.4 is 10.5 Å². The third-order valence-electron chi connectivity index (χ3n) is 3.11. The highest BCUT2D eigenvalue weighted by atomic mass is 32.1. The van der Waals surface area contributed by atoms with Crippen LogP contribution in [0.15, 0.2) is 48.5 Å². The van der Waals surface area contributed by atoms with Gasteiger partial charge in [0.15, 0.2) is 0 Å². The molecule has 20 heavy (non-hydrogen) atoms. The second-order valence-corrected chi connectivity index (χ2v) is 5.84. The largest absolute Gasteiger partial charge is 0.486 e. The number of aromatic nitrogens is 1. The Balaban J connectivity index is 1.69. The van der Waals surface area contributed by atoms with Crippen LogP contribution in [0.2, 0.25) is 0 Å². The third-order valence-corrected chi connectivity index (χ3v) is 4.12. The maximum absolute atomic E-state index is 5.82. The van der Waals surface area contributed by atoms with Crippen molar-refractivity contribution in [3.8, 4) is 5.75 Å². The zero-order valence-corrected chi connectivity index (χ0v) is 12.1. The Morgan fingerprint density at radius 2 is 1.90 bits per heavy atom. The molecular weight excluding hydrogens is 268 g/mol. The lowest BCUT2D eigenvalue weighted by molar-refractivity contribution is 0.305. The Bertz CT molecular complexity index is 671. The molecule has 4 heteroatoms. The van der Waals surface area contributed by atoms with Crippen LogP contribution >= 0.6 is 11.3 Å². The quantitative estimate of drug-likeness (QED) is 0.790. The van der Waals surface area contributed by atoms with Crippen molar-refractivity contribution in [2.24, 2.45) is 5.73 Å². The molecule has 0 fully saturated rings. The van der Waals surface area contributed by atoms with Crippen molar-refractivity contribution in [2.75, 3.05) is 0 Å². The van der Waals surface area contributed by atoms with Crippen molar-refractivity contribution >= 4 is 21.6 Å². The molecule has 1 aromatic heterocycles. The van der Waals surface area contributed by atoms with Gasteiger partial charge in [0.05, 0.1) is 10.2 Å². The van der Waals surface area contributed by atoms with Crippen molar-refractivity contribution in [2.45, 2.75) is 19.6 Å². The topological polar surface area (TPSA) is 48.1 Å². The van der Waals surface area contributed by atoms with Gasteiger partial charge in [-0.1, -0.05) is 24.3 Å². The lowest BCUT2D eigenvalue weighted by Crippen LogP contribution is -2.04. The SMILES string of the molecule is CC(N)c1ccc(OCc2nc3ccccc3s2)cc1. The normalized spacial score (nSPS) is 12.5. The van der Waals surface area contributed by atoms with Gasteiger partial charge in [0.1, 0.15) is 17.4 Å². The minimum Gasteiger partial charge on any atom is -0.486 e. The molecule has 0 bridgehead atoms. The molecule has 102 valence electrons. The second-order valence-electron chi connectivity index (χ2n) is 4.72. The van der Waals surface area contributed by atoms with Crippen LogP contribution in [0, 0.1) is 0 Å². The van der Waals surface area contributed by atoms with Crippen LogP contribution in [0.3, 0.4) is 0 Å². The van der Waals surface area contributed by atoms with Gasteiger partial charge in [-0.15, -0.1) is 11.3 Å². The van der Waals surface area contributed by atoms with E-state index in [-0.39, 0.29) is 6.04 Å². The van der Waals surface area contributed by atoms with Crippen LogP contribution in [-0.4, -0.2) is 4.98 Å². The summed E-state index contributed by atoms with van der Waals surface area (Å²) in [6.07, 6.45) is 0. The monoisotopic (exact) mass is 284 g/mol. The molecule has 1 unspecified atom stereocenters. The smallest absolute Gasteiger partial charge is 0.140 e. The molecule has 0 aliphatic carbocycles. The van der Waals surface area contributed by atoms with E-state index in [1.165, 1.54) is 4.70 Å². The molecule has 3 aromatic rings.